The summed E-state index contributed by atoms with van der Waals surface area (Å²) in [4.78, 5) is 57.4. The molecule has 0 saturated carbocycles. The lowest BCUT2D eigenvalue weighted by Gasteiger charge is -2.46. The maximum atomic E-state index is 14.6. The van der Waals surface area contributed by atoms with Crippen molar-refractivity contribution in [3.63, 3.8) is 0 Å². The van der Waals surface area contributed by atoms with Crippen LogP contribution in [-0.4, -0.2) is 93.6 Å². The van der Waals surface area contributed by atoms with E-state index in [1.54, 1.807) is 0 Å². The molecule has 3 atom stereocenters. The van der Waals surface area contributed by atoms with E-state index in [-0.39, 0.29) is 38.8 Å². The quantitative estimate of drug-likeness (QED) is 0.0881. The zero-order valence-corrected chi connectivity index (χ0v) is 38.7. The van der Waals surface area contributed by atoms with Crippen molar-refractivity contribution >= 4 is 23.9 Å². The van der Waals surface area contributed by atoms with Gasteiger partial charge in [-0.3, -0.25) is 19.2 Å². The molecule has 3 aliphatic rings. The standard InChI is InChI=1S/C45H82N4O8/c1-17-19-29(22-39(3,4)46-18-2)54-35(50)20-33(37(52)56-31-25-42(9,10)48-43(11,12)26-31)34(38(53)57-32-27-44(13,14)49-45(15,16)28-32)21-36(51)55-30-23-40(5,6)47-41(7,8)24-30/h29-34,46-49H,17-28H2,1-16H3. The Morgan fingerprint density at radius 2 is 0.912 bits per heavy atom. The van der Waals surface area contributed by atoms with E-state index in [2.05, 4.69) is 118 Å². The highest BCUT2D eigenvalue weighted by Gasteiger charge is 2.47. The van der Waals surface area contributed by atoms with Gasteiger partial charge in [-0.05, 0) is 110 Å². The lowest BCUT2D eigenvalue weighted by Crippen LogP contribution is -2.60. The monoisotopic (exact) mass is 807 g/mol. The predicted octanol–water partition coefficient (Wildman–Crippen LogP) is 7.05. The molecule has 4 N–H and O–H groups in total. The van der Waals surface area contributed by atoms with Crippen LogP contribution in [0.4, 0.5) is 0 Å². The summed E-state index contributed by atoms with van der Waals surface area (Å²) < 4.78 is 24.8. The van der Waals surface area contributed by atoms with Crippen LogP contribution in [0.25, 0.3) is 0 Å². The van der Waals surface area contributed by atoms with Crippen LogP contribution < -0.4 is 21.3 Å². The summed E-state index contributed by atoms with van der Waals surface area (Å²) in [6.07, 6.45) is 2.64. The highest BCUT2D eigenvalue weighted by atomic mass is 16.6. The Balaban J connectivity index is 2.03. The van der Waals surface area contributed by atoms with Crippen molar-refractivity contribution < 1.29 is 38.1 Å². The first-order valence-corrected chi connectivity index (χ1v) is 21.8. The molecule has 12 heteroatoms. The van der Waals surface area contributed by atoms with E-state index in [4.69, 9.17) is 18.9 Å². The Bertz CT molecular complexity index is 1360. The summed E-state index contributed by atoms with van der Waals surface area (Å²) in [6.45, 7) is 33.8. The van der Waals surface area contributed by atoms with E-state index >= 15 is 0 Å². The minimum atomic E-state index is -1.34. The number of carbonyl (C=O) groups is 4. The van der Waals surface area contributed by atoms with Gasteiger partial charge in [0.15, 0.2) is 0 Å². The van der Waals surface area contributed by atoms with Gasteiger partial charge in [0.1, 0.15) is 24.4 Å². The number of esters is 4. The fraction of sp³-hybridized carbons (Fsp3) is 0.911. The van der Waals surface area contributed by atoms with E-state index in [9.17, 15) is 19.2 Å². The van der Waals surface area contributed by atoms with Gasteiger partial charge in [0, 0.05) is 83.7 Å². The van der Waals surface area contributed by atoms with Gasteiger partial charge in [0.25, 0.3) is 0 Å². The second-order valence-electron chi connectivity index (χ2n) is 22.3. The third-order valence-electron chi connectivity index (χ3n) is 11.5. The van der Waals surface area contributed by atoms with E-state index < -0.39 is 73.0 Å². The second-order valence-corrected chi connectivity index (χ2v) is 22.3. The molecule has 0 amide bonds. The maximum absolute atomic E-state index is 14.6. The van der Waals surface area contributed by atoms with Crippen molar-refractivity contribution in [3.05, 3.63) is 0 Å². The first kappa shape index (κ1) is 49.1. The molecule has 3 fully saturated rings. The molecule has 330 valence electrons. The molecule has 0 aromatic heterocycles. The zero-order chi connectivity index (χ0) is 43.4. The number of piperidine rings is 3. The first-order chi connectivity index (χ1) is 25.8. The Labute approximate surface area is 345 Å². The third kappa shape index (κ3) is 16.4. The number of hydrogen-bond acceptors (Lipinski definition) is 12. The number of nitrogens with one attached hydrogen (secondary N) is 4. The van der Waals surface area contributed by atoms with Crippen LogP contribution in [0.15, 0.2) is 0 Å². The number of carbonyl (C=O) groups excluding carboxylic acids is 4. The molecular formula is C45H82N4O8. The topological polar surface area (TPSA) is 153 Å². The zero-order valence-electron chi connectivity index (χ0n) is 38.7. The molecule has 0 bridgehead atoms. The van der Waals surface area contributed by atoms with Crippen LogP contribution >= 0.6 is 0 Å². The average molecular weight is 807 g/mol. The Morgan fingerprint density at radius 1 is 0.579 bits per heavy atom. The fourth-order valence-corrected chi connectivity index (χ4v) is 10.7. The SMILES string of the molecule is CCCC(CC(C)(C)NCC)OC(=O)CC(C(=O)OC1CC(C)(C)NC(C)(C)C1)C(CC(=O)OC1CC(C)(C)NC(C)(C)C1)C(=O)OC1CC(C)(C)NC(C)(C)C1. The number of hydrogen-bond donors (Lipinski definition) is 4. The summed E-state index contributed by atoms with van der Waals surface area (Å²) in [5, 5.41) is 14.3. The number of rotatable bonds is 17. The lowest BCUT2D eigenvalue weighted by atomic mass is 9.80. The largest absolute Gasteiger partial charge is 0.462 e. The van der Waals surface area contributed by atoms with Gasteiger partial charge in [-0.15, -0.1) is 0 Å². The fourth-order valence-electron chi connectivity index (χ4n) is 10.7. The molecule has 3 rings (SSSR count). The van der Waals surface area contributed by atoms with E-state index in [0.717, 1.165) is 13.0 Å². The average Bonchev–Trinajstić information content (AvgIpc) is 2.93. The van der Waals surface area contributed by atoms with Gasteiger partial charge in [0.2, 0.25) is 0 Å². The smallest absolute Gasteiger partial charge is 0.310 e. The molecule has 0 spiro atoms. The van der Waals surface area contributed by atoms with Crippen molar-refractivity contribution in [3.8, 4) is 0 Å². The summed E-state index contributed by atoms with van der Waals surface area (Å²) >= 11 is 0. The van der Waals surface area contributed by atoms with Crippen LogP contribution in [0, 0.1) is 11.8 Å². The van der Waals surface area contributed by atoms with Gasteiger partial charge in [-0.25, -0.2) is 0 Å². The lowest BCUT2D eigenvalue weighted by molar-refractivity contribution is -0.177. The molecule has 12 nitrogen and oxygen atoms in total. The van der Waals surface area contributed by atoms with Crippen LogP contribution in [0.5, 0.6) is 0 Å². The molecule has 57 heavy (non-hydrogen) atoms. The normalized spacial score (nSPS) is 24.7. The van der Waals surface area contributed by atoms with Gasteiger partial charge in [0.05, 0.1) is 24.7 Å². The third-order valence-corrected chi connectivity index (χ3v) is 11.5. The highest BCUT2D eigenvalue weighted by Crippen LogP contribution is 2.36. The second kappa shape index (κ2) is 18.5. The highest BCUT2D eigenvalue weighted by molar-refractivity contribution is 5.88. The van der Waals surface area contributed by atoms with Crippen molar-refractivity contribution in [1.29, 1.82) is 0 Å². The van der Waals surface area contributed by atoms with Crippen LogP contribution in [0.1, 0.15) is 181 Å². The summed E-state index contributed by atoms with van der Waals surface area (Å²) in [5.41, 5.74) is -2.21. The minimum Gasteiger partial charge on any atom is -0.462 e. The Morgan fingerprint density at radius 3 is 1.25 bits per heavy atom. The van der Waals surface area contributed by atoms with Crippen LogP contribution in [0.3, 0.4) is 0 Å². The molecule has 0 radical (unpaired) electrons. The molecular weight excluding hydrogens is 725 g/mol. The van der Waals surface area contributed by atoms with Gasteiger partial charge < -0.3 is 40.2 Å². The molecule has 3 heterocycles. The molecule has 3 unspecified atom stereocenters. The summed E-state index contributed by atoms with van der Waals surface area (Å²) in [6, 6.07) is 0. The molecule has 3 saturated heterocycles. The van der Waals surface area contributed by atoms with E-state index in [1.807, 2.05) is 13.8 Å². The van der Waals surface area contributed by atoms with E-state index in [1.165, 1.54) is 0 Å². The molecule has 0 aromatic rings. The molecule has 0 aromatic carbocycles. The van der Waals surface area contributed by atoms with Crippen molar-refractivity contribution in [2.45, 2.75) is 245 Å². The molecule has 3 aliphatic heterocycles. The summed E-state index contributed by atoms with van der Waals surface area (Å²) in [7, 11) is 0. The van der Waals surface area contributed by atoms with Gasteiger partial charge in [-0.1, -0.05) is 20.3 Å². The molecule has 0 aliphatic carbocycles. The van der Waals surface area contributed by atoms with Crippen molar-refractivity contribution in [1.82, 2.24) is 21.3 Å². The summed E-state index contributed by atoms with van der Waals surface area (Å²) in [5.74, 6) is -5.34. The van der Waals surface area contributed by atoms with Crippen LogP contribution in [-0.2, 0) is 38.1 Å². The first-order valence-electron chi connectivity index (χ1n) is 21.8. The Hall–Kier alpha value is -2.28. The predicted molar refractivity (Wildman–Crippen MR) is 225 cm³/mol. The van der Waals surface area contributed by atoms with Crippen LogP contribution in [0.2, 0.25) is 0 Å². The van der Waals surface area contributed by atoms with Gasteiger partial charge >= 0.3 is 23.9 Å². The van der Waals surface area contributed by atoms with Crippen molar-refractivity contribution in [2.24, 2.45) is 11.8 Å². The minimum absolute atomic E-state index is 0.289. The Kier molecular flexibility index (Phi) is 16.0. The maximum Gasteiger partial charge on any atom is 0.310 e. The van der Waals surface area contributed by atoms with Gasteiger partial charge in [-0.2, -0.15) is 0 Å². The number of ether oxygens (including phenoxy) is 4. The van der Waals surface area contributed by atoms with E-state index in [0.29, 0.717) is 51.4 Å². The van der Waals surface area contributed by atoms with Crippen molar-refractivity contribution in [2.75, 3.05) is 6.54 Å².